The Balaban J connectivity index is 1.73. The molecule has 0 spiro atoms. The molecule has 0 radical (unpaired) electrons. The lowest BCUT2D eigenvalue weighted by molar-refractivity contribution is -0.128. The number of rotatable bonds is 5. The normalized spacial score (nSPS) is 14.9. The van der Waals surface area contributed by atoms with E-state index in [1.807, 2.05) is 19.1 Å². The van der Waals surface area contributed by atoms with Crippen molar-refractivity contribution in [3.63, 3.8) is 0 Å². The Hall–Kier alpha value is -3.49. The van der Waals surface area contributed by atoms with Crippen LogP contribution < -0.4 is 5.32 Å². The van der Waals surface area contributed by atoms with Crippen molar-refractivity contribution in [2.45, 2.75) is 46.6 Å². The van der Waals surface area contributed by atoms with Gasteiger partial charge in [-0.05, 0) is 44.4 Å². The fourth-order valence-corrected chi connectivity index (χ4v) is 4.24. The number of amides is 1. The molecule has 3 heterocycles. The van der Waals surface area contributed by atoms with Gasteiger partial charge in [-0.3, -0.25) is 4.79 Å². The number of benzene rings is 1. The van der Waals surface area contributed by atoms with Crippen molar-refractivity contribution < 1.29 is 18.0 Å². The minimum atomic E-state index is -2.90. The highest BCUT2D eigenvalue weighted by Gasteiger charge is 2.22. The van der Waals surface area contributed by atoms with Gasteiger partial charge in [0.1, 0.15) is 17.5 Å². The molecule has 3 aromatic rings. The number of nitrogens with zero attached hydrogens (tertiary/aromatic N) is 4. The third kappa shape index (κ3) is 4.60. The van der Waals surface area contributed by atoms with Gasteiger partial charge in [-0.1, -0.05) is 24.3 Å². The third-order valence-electron chi connectivity index (χ3n) is 6.10. The predicted molar refractivity (Wildman–Crippen MR) is 125 cm³/mol. The molecule has 2 aromatic heterocycles. The Bertz CT molecular complexity index is 1290. The molecule has 1 aliphatic heterocycles. The molecular formula is C25H26F3N5O. The smallest absolute Gasteiger partial charge is 0.266 e. The first-order chi connectivity index (χ1) is 16.2. The van der Waals surface area contributed by atoms with Gasteiger partial charge in [0, 0.05) is 31.3 Å². The molecule has 9 heteroatoms. The Morgan fingerprint density at radius 1 is 1.15 bits per heavy atom. The lowest BCUT2D eigenvalue weighted by Crippen LogP contribution is -2.32. The molecular weight excluding hydrogens is 443 g/mol. The molecule has 178 valence electrons. The number of anilines is 1. The highest BCUT2D eigenvalue weighted by atomic mass is 19.3. The Morgan fingerprint density at radius 3 is 2.53 bits per heavy atom. The lowest BCUT2D eigenvalue weighted by atomic mass is 9.97. The second-order valence-electron chi connectivity index (χ2n) is 8.47. The molecule has 1 atom stereocenters. The molecule has 0 bridgehead atoms. The first-order valence-electron chi connectivity index (χ1n) is 11.1. The summed E-state index contributed by atoms with van der Waals surface area (Å²) in [6.45, 7) is 8.06. The first kappa shape index (κ1) is 23.7. The summed E-state index contributed by atoms with van der Waals surface area (Å²) in [5, 5.41) is 3.82. The molecule has 1 aromatic carbocycles. The Labute approximate surface area is 195 Å². The van der Waals surface area contributed by atoms with Crippen LogP contribution in [-0.2, 0) is 4.79 Å². The highest BCUT2D eigenvalue weighted by molar-refractivity contribution is 5.90. The van der Waals surface area contributed by atoms with Crippen LogP contribution in [0.3, 0.4) is 0 Å². The molecule has 1 unspecified atom stereocenters. The van der Waals surface area contributed by atoms with Crippen molar-refractivity contribution in [1.29, 1.82) is 0 Å². The maximum Gasteiger partial charge on any atom is 0.266 e. The SMILES string of the molecule is CC(=O)N1CC=C(c2cc3c(NC(C)c4cccc(C(F)F)c4F)nc(C)nc3nc2C)CC1. The molecule has 34 heavy (non-hydrogen) atoms. The molecule has 1 aliphatic rings. The van der Waals surface area contributed by atoms with Crippen molar-refractivity contribution in [3.8, 4) is 0 Å². The molecule has 1 amide bonds. The van der Waals surface area contributed by atoms with E-state index < -0.39 is 23.8 Å². The van der Waals surface area contributed by atoms with E-state index in [-0.39, 0.29) is 11.5 Å². The van der Waals surface area contributed by atoms with E-state index in [1.165, 1.54) is 12.1 Å². The quantitative estimate of drug-likeness (QED) is 0.532. The zero-order valence-electron chi connectivity index (χ0n) is 19.5. The number of nitrogens with one attached hydrogen (secondary N) is 1. The fraction of sp³-hybridized carbons (Fsp3) is 0.360. The second-order valence-corrected chi connectivity index (χ2v) is 8.47. The van der Waals surface area contributed by atoms with Crippen LogP contribution >= 0.6 is 0 Å². The van der Waals surface area contributed by atoms with Gasteiger partial charge in [0.15, 0.2) is 5.65 Å². The molecule has 4 rings (SSSR count). The van der Waals surface area contributed by atoms with Crippen molar-refractivity contribution in [1.82, 2.24) is 19.9 Å². The summed E-state index contributed by atoms with van der Waals surface area (Å²) >= 11 is 0. The lowest BCUT2D eigenvalue weighted by Gasteiger charge is -2.26. The molecule has 0 saturated carbocycles. The number of halogens is 3. The average molecular weight is 470 g/mol. The number of carbonyl (C=O) groups is 1. The van der Waals surface area contributed by atoms with E-state index >= 15 is 0 Å². The monoisotopic (exact) mass is 469 g/mol. The van der Waals surface area contributed by atoms with Crippen LogP contribution in [0.25, 0.3) is 16.6 Å². The number of hydrogen-bond acceptors (Lipinski definition) is 5. The zero-order valence-corrected chi connectivity index (χ0v) is 19.5. The van der Waals surface area contributed by atoms with E-state index in [9.17, 15) is 18.0 Å². The number of pyridine rings is 1. The number of aryl methyl sites for hydroxylation is 2. The van der Waals surface area contributed by atoms with Crippen molar-refractivity contribution >= 4 is 28.3 Å². The third-order valence-corrected chi connectivity index (χ3v) is 6.10. The Kier molecular flexibility index (Phi) is 6.54. The van der Waals surface area contributed by atoms with Gasteiger partial charge in [0.2, 0.25) is 5.91 Å². The van der Waals surface area contributed by atoms with E-state index in [0.29, 0.717) is 42.2 Å². The standard InChI is InChI=1S/C25H26F3N5O/c1-13(18-6-5-7-19(22(18)26)23(27)28)29-24-21-12-20(14(2)30-25(21)32-15(3)31-24)17-8-10-33(11-9-17)16(4)34/h5-8,12-13,23H,9-11H2,1-4H3,(H,29,30,31,32). The summed E-state index contributed by atoms with van der Waals surface area (Å²) < 4.78 is 41.1. The van der Waals surface area contributed by atoms with Crippen LogP contribution in [0.4, 0.5) is 19.0 Å². The largest absolute Gasteiger partial charge is 0.363 e. The summed E-state index contributed by atoms with van der Waals surface area (Å²) in [5.41, 5.74) is 2.82. The van der Waals surface area contributed by atoms with Gasteiger partial charge in [0.25, 0.3) is 6.43 Å². The summed E-state index contributed by atoms with van der Waals surface area (Å²) in [4.78, 5) is 27.0. The topological polar surface area (TPSA) is 71.0 Å². The minimum absolute atomic E-state index is 0.0381. The van der Waals surface area contributed by atoms with Crippen LogP contribution in [0.15, 0.2) is 30.3 Å². The van der Waals surface area contributed by atoms with E-state index in [0.717, 1.165) is 22.9 Å². The zero-order chi connectivity index (χ0) is 24.6. The molecule has 0 saturated heterocycles. The Morgan fingerprint density at radius 2 is 1.88 bits per heavy atom. The van der Waals surface area contributed by atoms with Crippen molar-refractivity contribution in [2.75, 3.05) is 18.4 Å². The minimum Gasteiger partial charge on any atom is -0.363 e. The van der Waals surface area contributed by atoms with Gasteiger partial charge in [-0.2, -0.15) is 0 Å². The summed E-state index contributed by atoms with van der Waals surface area (Å²) in [6.07, 6.45) is -0.173. The average Bonchev–Trinajstić information content (AvgIpc) is 2.78. The van der Waals surface area contributed by atoms with Gasteiger partial charge in [-0.15, -0.1) is 0 Å². The van der Waals surface area contributed by atoms with Gasteiger partial charge < -0.3 is 10.2 Å². The van der Waals surface area contributed by atoms with Crippen LogP contribution in [0, 0.1) is 19.7 Å². The maximum absolute atomic E-state index is 14.7. The molecule has 0 fully saturated rings. The van der Waals surface area contributed by atoms with Crippen molar-refractivity contribution in [2.24, 2.45) is 0 Å². The van der Waals surface area contributed by atoms with E-state index in [1.54, 1.807) is 25.7 Å². The molecule has 0 aliphatic carbocycles. The van der Waals surface area contributed by atoms with Crippen LogP contribution in [-0.4, -0.2) is 38.8 Å². The molecule has 6 nitrogen and oxygen atoms in total. The summed E-state index contributed by atoms with van der Waals surface area (Å²) in [6, 6.07) is 5.32. The number of fused-ring (bicyclic) bond motifs is 1. The van der Waals surface area contributed by atoms with Gasteiger partial charge in [0.05, 0.1) is 17.0 Å². The summed E-state index contributed by atoms with van der Waals surface area (Å²) in [5.74, 6) is 0.0470. The van der Waals surface area contributed by atoms with E-state index in [4.69, 9.17) is 0 Å². The highest BCUT2D eigenvalue weighted by Crippen LogP contribution is 2.32. The maximum atomic E-state index is 14.7. The van der Waals surface area contributed by atoms with Gasteiger partial charge in [-0.25, -0.2) is 28.1 Å². The summed E-state index contributed by atoms with van der Waals surface area (Å²) in [7, 11) is 0. The van der Waals surface area contributed by atoms with Crippen LogP contribution in [0.2, 0.25) is 0 Å². The first-order valence-corrected chi connectivity index (χ1v) is 11.1. The number of aromatic nitrogens is 3. The van der Waals surface area contributed by atoms with Crippen LogP contribution in [0.5, 0.6) is 0 Å². The van der Waals surface area contributed by atoms with Crippen LogP contribution in [0.1, 0.15) is 60.9 Å². The number of hydrogen-bond donors (Lipinski definition) is 1. The molecule has 1 N–H and O–H groups in total. The predicted octanol–water partition coefficient (Wildman–Crippen LogP) is 5.53. The second kappa shape index (κ2) is 9.40. The van der Waals surface area contributed by atoms with Crippen molar-refractivity contribution in [3.05, 3.63) is 64.4 Å². The van der Waals surface area contributed by atoms with E-state index in [2.05, 4.69) is 20.3 Å². The van der Waals surface area contributed by atoms with Gasteiger partial charge >= 0.3 is 0 Å². The number of alkyl halides is 2. The number of carbonyl (C=O) groups excluding carboxylic acids is 1. The fourth-order valence-electron chi connectivity index (χ4n) is 4.24.